The van der Waals surface area contributed by atoms with Gasteiger partial charge in [0, 0.05) is 11.5 Å². The van der Waals surface area contributed by atoms with E-state index in [9.17, 15) is 5.11 Å². The molecule has 0 heterocycles. The molecule has 2 aromatic carbocycles. The summed E-state index contributed by atoms with van der Waals surface area (Å²) in [5.41, 5.74) is 0. The first-order chi connectivity index (χ1) is 8.10. The number of rotatable bonds is 2. The highest BCUT2D eigenvalue weighted by atomic mass is 79.9. The first kappa shape index (κ1) is 12.3. The second-order valence-electron chi connectivity index (χ2n) is 3.41. The quantitative estimate of drug-likeness (QED) is 0.910. The standard InChI is InChI=1S/C12H10BrClO3/c1-16-9-5-8(14)12(17-2)10-6(9)3-4-7(13)11(10)15/h3-5,15H,1-2H3. The van der Waals surface area contributed by atoms with Crippen LogP contribution in [0.15, 0.2) is 22.7 Å². The number of halogens is 2. The molecule has 0 saturated carbocycles. The van der Waals surface area contributed by atoms with Crippen molar-refractivity contribution in [2.45, 2.75) is 0 Å². The summed E-state index contributed by atoms with van der Waals surface area (Å²) in [4.78, 5) is 0. The molecule has 3 nitrogen and oxygen atoms in total. The summed E-state index contributed by atoms with van der Waals surface area (Å²) in [6.07, 6.45) is 0. The Kier molecular flexibility index (Phi) is 3.35. The molecular formula is C12H10BrClO3. The Hall–Kier alpha value is -1.13. The topological polar surface area (TPSA) is 38.7 Å². The van der Waals surface area contributed by atoms with Gasteiger partial charge < -0.3 is 14.6 Å². The smallest absolute Gasteiger partial charge is 0.149 e. The fraction of sp³-hybridized carbons (Fsp3) is 0.167. The molecular weight excluding hydrogens is 307 g/mol. The summed E-state index contributed by atoms with van der Waals surface area (Å²) in [5.74, 6) is 1.11. The van der Waals surface area contributed by atoms with Crippen LogP contribution in [0, 0.1) is 0 Å². The maximum Gasteiger partial charge on any atom is 0.149 e. The van der Waals surface area contributed by atoms with E-state index in [0.717, 1.165) is 5.39 Å². The van der Waals surface area contributed by atoms with Gasteiger partial charge in [0.25, 0.3) is 0 Å². The number of ether oxygens (including phenoxy) is 2. The summed E-state index contributed by atoms with van der Waals surface area (Å²) in [6.45, 7) is 0. The molecule has 2 aromatic rings. The summed E-state index contributed by atoms with van der Waals surface area (Å²) in [7, 11) is 3.06. The Bertz CT molecular complexity index is 584. The fourth-order valence-electron chi connectivity index (χ4n) is 1.75. The lowest BCUT2D eigenvalue weighted by Crippen LogP contribution is -1.91. The van der Waals surface area contributed by atoms with Crippen LogP contribution in [-0.4, -0.2) is 19.3 Å². The number of hydrogen-bond acceptors (Lipinski definition) is 3. The van der Waals surface area contributed by atoms with E-state index in [0.29, 0.717) is 26.4 Å². The zero-order chi connectivity index (χ0) is 12.6. The zero-order valence-electron chi connectivity index (χ0n) is 9.25. The van der Waals surface area contributed by atoms with Crippen LogP contribution >= 0.6 is 27.5 Å². The molecule has 0 aliphatic rings. The fourth-order valence-corrected chi connectivity index (χ4v) is 2.35. The van der Waals surface area contributed by atoms with E-state index in [1.807, 2.05) is 6.07 Å². The Morgan fingerprint density at radius 2 is 1.94 bits per heavy atom. The van der Waals surface area contributed by atoms with Crippen LogP contribution in [0.25, 0.3) is 10.8 Å². The number of phenols is 1. The van der Waals surface area contributed by atoms with Crippen molar-refractivity contribution in [3.63, 3.8) is 0 Å². The Morgan fingerprint density at radius 3 is 2.53 bits per heavy atom. The lowest BCUT2D eigenvalue weighted by molar-refractivity contribution is 0.407. The van der Waals surface area contributed by atoms with Gasteiger partial charge in [-0.25, -0.2) is 0 Å². The second-order valence-corrected chi connectivity index (χ2v) is 4.67. The zero-order valence-corrected chi connectivity index (χ0v) is 11.6. The third-order valence-electron chi connectivity index (χ3n) is 2.52. The number of benzene rings is 2. The first-order valence-corrected chi connectivity index (χ1v) is 5.99. The predicted octanol–water partition coefficient (Wildman–Crippen LogP) is 3.98. The van der Waals surface area contributed by atoms with Crippen LogP contribution in [0.2, 0.25) is 5.02 Å². The summed E-state index contributed by atoms with van der Waals surface area (Å²) >= 11 is 9.34. The second kappa shape index (κ2) is 4.63. The van der Waals surface area contributed by atoms with Crippen LogP contribution in [0.4, 0.5) is 0 Å². The largest absolute Gasteiger partial charge is 0.506 e. The van der Waals surface area contributed by atoms with Crippen molar-refractivity contribution in [1.29, 1.82) is 0 Å². The third kappa shape index (κ3) is 1.91. The number of fused-ring (bicyclic) bond motifs is 1. The van der Waals surface area contributed by atoms with Crippen LogP contribution in [-0.2, 0) is 0 Å². The predicted molar refractivity (Wildman–Crippen MR) is 71.4 cm³/mol. The molecule has 0 unspecified atom stereocenters. The monoisotopic (exact) mass is 316 g/mol. The van der Waals surface area contributed by atoms with Crippen LogP contribution in [0.3, 0.4) is 0 Å². The number of phenolic OH excluding ortho intramolecular Hbond substituents is 1. The average molecular weight is 318 g/mol. The molecule has 0 bridgehead atoms. The van der Waals surface area contributed by atoms with Crippen molar-refractivity contribution in [2.24, 2.45) is 0 Å². The van der Waals surface area contributed by atoms with Gasteiger partial charge in [-0.3, -0.25) is 0 Å². The Morgan fingerprint density at radius 1 is 1.24 bits per heavy atom. The lowest BCUT2D eigenvalue weighted by atomic mass is 10.1. The number of methoxy groups -OCH3 is 2. The van der Waals surface area contributed by atoms with E-state index in [4.69, 9.17) is 21.1 Å². The van der Waals surface area contributed by atoms with Gasteiger partial charge in [-0.1, -0.05) is 11.6 Å². The number of aromatic hydroxyl groups is 1. The molecule has 0 fully saturated rings. The van der Waals surface area contributed by atoms with Crippen LogP contribution < -0.4 is 9.47 Å². The van der Waals surface area contributed by atoms with E-state index in [2.05, 4.69) is 15.9 Å². The van der Waals surface area contributed by atoms with Gasteiger partial charge in [-0.2, -0.15) is 0 Å². The van der Waals surface area contributed by atoms with Crippen LogP contribution in [0.5, 0.6) is 17.2 Å². The van der Waals surface area contributed by atoms with Gasteiger partial charge >= 0.3 is 0 Å². The highest BCUT2D eigenvalue weighted by molar-refractivity contribution is 9.10. The highest BCUT2D eigenvalue weighted by Gasteiger charge is 2.17. The third-order valence-corrected chi connectivity index (χ3v) is 3.44. The van der Waals surface area contributed by atoms with E-state index in [1.165, 1.54) is 7.11 Å². The molecule has 2 rings (SSSR count). The van der Waals surface area contributed by atoms with Gasteiger partial charge in [0.2, 0.25) is 0 Å². The van der Waals surface area contributed by atoms with Crippen molar-refractivity contribution < 1.29 is 14.6 Å². The van der Waals surface area contributed by atoms with Crippen molar-refractivity contribution in [1.82, 2.24) is 0 Å². The Labute approximate surface area is 112 Å². The molecule has 17 heavy (non-hydrogen) atoms. The van der Waals surface area contributed by atoms with E-state index >= 15 is 0 Å². The summed E-state index contributed by atoms with van der Waals surface area (Å²) in [5, 5.41) is 11.7. The molecule has 0 aromatic heterocycles. The molecule has 0 saturated heterocycles. The van der Waals surface area contributed by atoms with Crippen LogP contribution in [0.1, 0.15) is 0 Å². The molecule has 0 amide bonds. The average Bonchev–Trinajstić information content (AvgIpc) is 2.33. The lowest BCUT2D eigenvalue weighted by Gasteiger charge is -2.13. The molecule has 0 radical (unpaired) electrons. The normalized spacial score (nSPS) is 10.6. The van der Waals surface area contributed by atoms with E-state index < -0.39 is 0 Å². The minimum Gasteiger partial charge on any atom is -0.506 e. The molecule has 0 spiro atoms. The molecule has 0 atom stereocenters. The molecule has 0 aliphatic carbocycles. The molecule has 90 valence electrons. The van der Waals surface area contributed by atoms with E-state index in [-0.39, 0.29) is 5.75 Å². The van der Waals surface area contributed by atoms with E-state index in [1.54, 1.807) is 19.2 Å². The van der Waals surface area contributed by atoms with Crippen molar-refractivity contribution >= 4 is 38.3 Å². The highest BCUT2D eigenvalue weighted by Crippen LogP contribution is 2.45. The maximum absolute atomic E-state index is 10.1. The SMILES string of the molecule is COc1cc(Cl)c(OC)c2c(O)c(Br)ccc12. The summed E-state index contributed by atoms with van der Waals surface area (Å²) < 4.78 is 11.0. The van der Waals surface area contributed by atoms with Crippen molar-refractivity contribution in [3.8, 4) is 17.2 Å². The van der Waals surface area contributed by atoms with Gasteiger partial charge in [-0.05, 0) is 28.1 Å². The minimum atomic E-state index is 0.0835. The molecule has 1 N–H and O–H groups in total. The maximum atomic E-state index is 10.1. The first-order valence-electron chi connectivity index (χ1n) is 4.81. The van der Waals surface area contributed by atoms with Gasteiger partial charge in [0.05, 0.1) is 29.1 Å². The van der Waals surface area contributed by atoms with Gasteiger partial charge in [-0.15, -0.1) is 0 Å². The van der Waals surface area contributed by atoms with Gasteiger partial charge in [0.1, 0.15) is 17.2 Å². The minimum absolute atomic E-state index is 0.0835. The number of hydrogen-bond donors (Lipinski definition) is 1. The molecule has 5 heteroatoms. The summed E-state index contributed by atoms with van der Waals surface area (Å²) in [6, 6.07) is 5.24. The van der Waals surface area contributed by atoms with Crippen molar-refractivity contribution in [2.75, 3.05) is 14.2 Å². The van der Waals surface area contributed by atoms with Crippen molar-refractivity contribution in [3.05, 3.63) is 27.7 Å². The molecule has 0 aliphatic heterocycles. The van der Waals surface area contributed by atoms with Gasteiger partial charge in [0.15, 0.2) is 0 Å². The Balaban J connectivity index is 2.98.